The lowest BCUT2D eigenvalue weighted by molar-refractivity contribution is 0.313. The SMILES string of the molecule is CCC[C@H]1CC=C(CO)CC1. The van der Waals surface area contributed by atoms with E-state index in [0.717, 1.165) is 12.3 Å². The van der Waals surface area contributed by atoms with Crippen LogP contribution < -0.4 is 0 Å². The maximum absolute atomic E-state index is 8.84. The summed E-state index contributed by atoms with van der Waals surface area (Å²) in [7, 11) is 0. The maximum Gasteiger partial charge on any atom is 0.0641 e. The summed E-state index contributed by atoms with van der Waals surface area (Å²) in [6.07, 6.45) is 8.50. The van der Waals surface area contributed by atoms with Crippen LogP contribution in [0.1, 0.15) is 39.0 Å². The Morgan fingerprint density at radius 3 is 2.91 bits per heavy atom. The standard InChI is InChI=1S/C10H18O/c1-2-3-9-4-6-10(8-11)7-5-9/h6,9,11H,2-5,7-8H2,1H3/t9-/m0/s1. The van der Waals surface area contributed by atoms with Crippen LogP contribution in [0.5, 0.6) is 0 Å². The van der Waals surface area contributed by atoms with Crippen LogP contribution in [0.3, 0.4) is 0 Å². The zero-order chi connectivity index (χ0) is 8.10. The van der Waals surface area contributed by atoms with Gasteiger partial charge < -0.3 is 5.11 Å². The van der Waals surface area contributed by atoms with Gasteiger partial charge in [0.2, 0.25) is 0 Å². The third-order valence-electron chi connectivity index (χ3n) is 2.51. The van der Waals surface area contributed by atoms with Gasteiger partial charge in [-0.3, -0.25) is 0 Å². The summed E-state index contributed by atoms with van der Waals surface area (Å²) in [6, 6.07) is 0. The lowest BCUT2D eigenvalue weighted by Gasteiger charge is -2.20. The molecule has 0 amide bonds. The first kappa shape index (κ1) is 8.79. The number of aliphatic hydroxyl groups is 1. The molecule has 0 saturated carbocycles. The van der Waals surface area contributed by atoms with Crippen LogP contribution in [0.25, 0.3) is 0 Å². The molecule has 1 heteroatoms. The van der Waals surface area contributed by atoms with Crippen LogP contribution in [-0.4, -0.2) is 11.7 Å². The van der Waals surface area contributed by atoms with Gasteiger partial charge in [-0.25, -0.2) is 0 Å². The van der Waals surface area contributed by atoms with Crippen molar-refractivity contribution in [1.82, 2.24) is 0 Å². The molecule has 1 aliphatic rings. The summed E-state index contributed by atoms with van der Waals surface area (Å²) in [6.45, 7) is 2.52. The lowest BCUT2D eigenvalue weighted by atomic mass is 9.87. The predicted molar refractivity (Wildman–Crippen MR) is 47.4 cm³/mol. The second-order valence-electron chi connectivity index (χ2n) is 3.45. The summed E-state index contributed by atoms with van der Waals surface area (Å²) in [5, 5.41) is 8.84. The Balaban J connectivity index is 2.29. The topological polar surface area (TPSA) is 20.2 Å². The zero-order valence-corrected chi connectivity index (χ0v) is 7.34. The Labute approximate surface area is 69.1 Å². The monoisotopic (exact) mass is 154 g/mol. The number of rotatable bonds is 3. The van der Waals surface area contributed by atoms with Crippen LogP contribution in [-0.2, 0) is 0 Å². The number of allylic oxidation sites excluding steroid dienone is 1. The van der Waals surface area contributed by atoms with Crippen molar-refractivity contribution in [2.24, 2.45) is 5.92 Å². The molecule has 1 aliphatic carbocycles. The first-order chi connectivity index (χ1) is 5.36. The molecule has 1 rings (SSSR count). The summed E-state index contributed by atoms with van der Waals surface area (Å²) in [5.41, 5.74) is 1.25. The van der Waals surface area contributed by atoms with Gasteiger partial charge in [0, 0.05) is 0 Å². The van der Waals surface area contributed by atoms with Crippen molar-refractivity contribution < 1.29 is 5.11 Å². The molecule has 0 aromatic rings. The molecular weight excluding hydrogens is 136 g/mol. The lowest BCUT2D eigenvalue weighted by Crippen LogP contribution is -2.06. The fourth-order valence-corrected chi connectivity index (χ4v) is 1.76. The first-order valence-corrected chi connectivity index (χ1v) is 4.65. The predicted octanol–water partition coefficient (Wildman–Crippen LogP) is 2.51. The average molecular weight is 154 g/mol. The molecule has 0 spiro atoms. The van der Waals surface area contributed by atoms with Crippen molar-refractivity contribution in [3.05, 3.63) is 11.6 Å². The second kappa shape index (κ2) is 4.55. The Bertz CT molecular complexity index is 138. The van der Waals surface area contributed by atoms with Gasteiger partial charge >= 0.3 is 0 Å². The molecule has 0 saturated heterocycles. The van der Waals surface area contributed by atoms with Crippen molar-refractivity contribution >= 4 is 0 Å². The fraction of sp³-hybridized carbons (Fsp3) is 0.800. The first-order valence-electron chi connectivity index (χ1n) is 4.65. The highest BCUT2D eigenvalue weighted by atomic mass is 16.3. The molecule has 0 aromatic heterocycles. The van der Waals surface area contributed by atoms with E-state index < -0.39 is 0 Å². The van der Waals surface area contributed by atoms with Crippen molar-refractivity contribution in [1.29, 1.82) is 0 Å². The summed E-state index contributed by atoms with van der Waals surface area (Å²) in [4.78, 5) is 0. The van der Waals surface area contributed by atoms with Gasteiger partial charge in [-0.05, 0) is 30.8 Å². The van der Waals surface area contributed by atoms with Gasteiger partial charge in [0.15, 0.2) is 0 Å². The molecule has 11 heavy (non-hydrogen) atoms. The summed E-state index contributed by atoms with van der Waals surface area (Å²) < 4.78 is 0. The molecule has 0 aromatic carbocycles. The van der Waals surface area contributed by atoms with Gasteiger partial charge in [-0.15, -0.1) is 0 Å². The van der Waals surface area contributed by atoms with Gasteiger partial charge in [0.05, 0.1) is 6.61 Å². The molecule has 1 N–H and O–H groups in total. The Hall–Kier alpha value is -0.300. The minimum absolute atomic E-state index is 0.277. The van der Waals surface area contributed by atoms with Crippen LogP contribution >= 0.6 is 0 Å². The molecule has 0 bridgehead atoms. The number of hydrogen-bond acceptors (Lipinski definition) is 1. The highest BCUT2D eigenvalue weighted by Gasteiger charge is 2.12. The molecule has 0 unspecified atom stereocenters. The van der Waals surface area contributed by atoms with Crippen molar-refractivity contribution in [3.63, 3.8) is 0 Å². The largest absolute Gasteiger partial charge is 0.392 e. The Kier molecular flexibility index (Phi) is 3.64. The molecule has 1 atom stereocenters. The smallest absolute Gasteiger partial charge is 0.0641 e. The van der Waals surface area contributed by atoms with Gasteiger partial charge in [0.25, 0.3) is 0 Å². The van der Waals surface area contributed by atoms with Crippen LogP contribution in [0.15, 0.2) is 11.6 Å². The van der Waals surface area contributed by atoms with E-state index in [1.807, 2.05) is 0 Å². The van der Waals surface area contributed by atoms with Gasteiger partial charge in [0.1, 0.15) is 0 Å². The molecule has 1 nitrogen and oxygen atoms in total. The summed E-state index contributed by atoms with van der Waals surface area (Å²) in [5.74, 6) is 0.898. The van der Waals surface area contributed by atoms with E-state index in [9.17, 15) is 0 Å². The second-order valence-corrected chi connectivity index (χ2v) is 3.45. The third-order valence-corrected chi connectivity index (χ3v) is 2.51. The van der Waals surface area contributed by atoms with E-state index in [1.165, 1.54) is 31.3 Å². The molecule has 0 heterocycles. The van der Waals surface area contributed by atoms with E-state index in [1.54, 1.807) is 0 Å². The number of hydrogen-bond donors (Lipinski definition) is 1. The van der Waals surface area contributed by atoms with E-state index in [4.69, 9.17) is 5.11 Å². The quantitative estimate of drug-likeness (QED) is 0.619. The van der Waals surface area contributed by atoms with Crippen molar-refractivity contribution in [2.75, 3.05) is 6.61 Å². The Morgan fingerprint density at radius 1 is 1.64 bits per heavy atom. The highest BCUT2D eigenvalue weighted by molar-refractivity contribution is 5.06. The zero-order valence-electron chi connectivity index (χ0n) is 7.34. The van der Waals surface area contributed by atoms with E-state index >= 15 is 0 Å². The maximum atomic E-state index is 8.84. The van der Waals surface area contributed by atoms with Crippen LogP contribution in [0.2, 0.25) is 0 Å². The van der Waals surface area contributed by atoms with Gasteiger partial charge in [-0.1, -0.05) is 25.8 Å². The van der Waals surface area contributed by atoms with Crippen molar-refractivity contribution in [2.45, 2.75) is 39.0 Å². The van der Waals surface area contributed by atoms with E-state index in [-0.39, 0.29) is 6.61 Å². The number of aliphatic hydroxyl groups excluding tert-OH is 1. The Morgan fingerprint density at radius 2 is 2.45 bits per heavy atom. The molecule has 0 radical (unpaired) electrons. The highest BCUT2D eigenvalue weighted by Crippen LogP contribution is 2.26. The average Bonchev–Trinajstić information content (AvgIpc) is 2.07. The normalized spacial score (nSPS) is 24.9. The van der Waals surface area contributed by atoms with Crippen molar-refractivity contribution in [3.8, 4) is 0 Å². The van der Waals surface area contributed by atoms with Crippen LogP contribution in [0, 0.1) is 5.92 Å². The van der Waals surface area contributed by atoms with Gasteiger partial charge in [-0.2, -0.15) is 0 Å². The molecule has 64 valence electrons. The van der Waals surface area contributed by atoms with E-state index in [0.29, 0.717) is 0 Å². The summed E-state index contributed by atoms with van der Waals surface area (Å²) >= 11 is 0. The minimum atomic E-state index is 0.277. The molecular formula is C10H18O. The third kappa shape index (κ3) is 2.66. The van der Waals surface area contributed by atoms with Crippen LogP contribution in [0.4, 0.5) is 0 Å². The minimum Gasteiger partial charge on any atom is -0.392 e. The fourth-order valence-electron chi connectivity index (χ4n) is 1.76. The van der Waals surface area contributed by atoms with E-state index in [2.05, 4.69) is 13.0 Å². The molecule has 0 aliphatic heterocycles. The molecule has 0 fully saturated rings.